The van der Waals surface area contributed by atoms with E-state index in [2.05, 4.69) is 55.6 Å². The van der Waals surface area contributed by atoms with Gasteiger partial charge in [0, 0.05) is 11.6 Å². The van der Waals surface area contributed by atoms with Crippen molar-refractivity contribution in [2.45, 2.75) is 38.8 Å². The van der Waals surface area contributed by atoms with Gasteiger partial charge in [-0.25, -0.2) is 0 Å². The smallest absolute Gasteiger partial charge is 0.127 e. The highest BCUT2D eigenvalue weighted by atomic mass is 16.5. The summed E-state index contributed by atoms with van der Waals surface area (Å²) in [5, 5.41) is 3.41. The maximum absolute atomic E-state index is 6.00. The Morgan fingerprint density at radius 1 is 1.05 bits per heavy atom. The normalized spacial score (nSPS) is 17.0. The van der Waals surface area contributed by atoms with E-state index >= 15 is 0 Å². The summed E-state index contributed by atoms with van der Waals surface area (Å²) < 4.78 is 6.00. The molecule has 2 aromatic carbocycles. The molecule has 1 atom stereocenters. The van der Waals surface area contributed by atoms with Crippen LogP contribution >= 0.6 is 0 Å². The summed E-state index contributed by atoms with van der Waals surface area (Å²) in [5.74, 6) is 0.980. The molecule has 2 aromatic rings. The summed E-state index contributed by atoms with van der Waals surface area (Å²) in [7, 11) is 2.04. The van der Waals surface area contributed by atoms with Gasteiger partial charge < -0.3 is 10.1 Å². The molecule has 1 N–H and O–H groups in total. The lowest BCUT2D eigenvalue weighted by atomic mass is 9.95. The molecule has 0 fully saturated rings. The Bertz CT molecular complexity index is 633. The van der Waals surface area contributed by atoms with Gasteiger partial charge in [0.25, 0.3) is 0 Å². The van der Waals surface area contributed by atoms with E-state index in [4.69, 9.17) is 4.74 Å². The van der Waals surface area contributed by atoms with Crippen molar-refractivity contribution in [3.05, 3.63) is 53.6 Å². The lowest BCUT2D eigenvalue weighted by Gasteiger charge is -2.17. The lowest BCUT2D eigenvalue weighted by molar-refractivity contribution is 0.243. The summed E-state index contributed by atoms with van der Waals surface area (Å²) in [5.41, 5.74) is 5.44. The van der Waals surface area contributed by atoms with Crippen LogP contribution in [0.5, 0.6) is 5.75 Å². The number of hydrogen-bond acceptors (Lipinski definition) is 2. The number of rotatable bonds is 4. The first-order chi connectivity index (χ1) is 10.2. The number of fused-ring (bicyclic) bond motifs is 1. The summed E-state index contributed by atoms with van der Waals surface area (Å²) in [6.45, 7) is 4.15. The third-order valence-electron chi connectivity index (χ3n) is 4.16. The molecule has 0 saturated heterocycles. The average Bonchev–Trinajstić information content (AvgIpc) is 2.90. The Kier molecular flexibility index (Phi) is 3.98. The van der Waals surface area contributed by atoms with Crippen molar-refractivity contribution < 1.29 is 4.74 Å². The second-order valence-corrected chi connectivity index (χ2v) is 5.92. The maximum atomic E-state index is 6.00. The quantitative estimate of drug-likeness (QED) is 0.899. The van der Waals surface area contributed by atoms with E-state index < -0.39 is 0 Å². The average molecular weight is 281 g/mol. The number of benzene rings is 2. The van der Waals surface area contributed by atoms with Gasteiger partial charge in [-0.3, -0.25) is 0 Å². The Labute approximate surface area is 127 Å². The number of nitrogens with one attached hydrogen (secondary N) is 1. The van der Waals surface area contributed by atoms with Crippen LogP contribution in [-0.4, -0.2) is 13.2 Å². The van der Waals surface area contributed by atoms with Crippen LogP contribution in [0.2, 0.25) is 0 Å². The van der Waals surface area contributed by atoms with Gasteiger partial charge in [-0.2, -0.15) is 0 Å². The van der Waals surface area contributed by atoms with Crippen molar-refractivity contribution in [2.24, 2.45) is 0 Å². The monoisotopic (exact) mass is 281 g/mol. The van der Waals surface area contributed by atoms with Crippen LogP contribution in [-0.2, 0) is 6.42 Å². The summed E-state index contributed by atoms with van der Waals surface area (Å²) in [6, 6.07) is 15.5. The first-order valence-corrected chi connectivity index (χ1v) is 7.76. The van der Waals surface area contributed by atoms with Crippen molar-refractivity contribution in [3.63, 3.8) is 0 Å². The van der Waals surface area contributed by atoms with Crippen molar-refractivity contribution in [2.75, 3.05) is 7.05 Å². The summed E-state index contributed by atoms with van der Waals surface area (Å²) >= 11 is 0. The largest absolute Gasteiger partial charge is 0.490 e. The van der Waals surface area contributed by atoms with Crippen LogP contribution < -0.4 is 10.1 Å². The van der Waals surface area contributed by atoms with Crippen LogP contribution in [0, 0.1) is 0 Å². The van der Waals surface area contributed by atoms with Gasteiger partial charge in [0.05, 0.1) is 6.10 Å². The molecule has 0 aromatic heterocycles. The number of ether oxygens (including phenoxy) is 1. The van der Waals surface area contributed by atoms with Gasteiger partial charge in [-0.1, -0.05) is 36.4 Å². The second kappa shape index (κ2) is 5.90. The summed E-state index contributed by atoms with van der Waals surface area (Å²) in [4.78, 5) is 0. The molecule has 1 aliphatic rings. The Morgan fingerprint density at radius 3 is 2.57 bits per heavy atom. The Balaban J connectivity index is 2.08. The van der Waals surface area contributed by atoms with Gasteiger partial charge in [0.2, 0.25) is 0 Å². The first-order valence-electron chi connectivity index (χ1n) is 7.76. The van der Waals surface area contributed by atoms with Crippen molar-refractivity contribution in [3.8, 4) is 16.9 Å². The molecular formula is C19H23NO. The molecule has 21 heavy (non-hydrogen) atoms. The third-order valence-corrected chi connectivity index (χ3v) is 4.16. The zero-order valence-corrected chi connectivity index (χ0v) is 13.0. The van der Waals surface area contributed by atoms with Gasteiger partial charge in [-0.15, -0.1) is 0 Å². The molecule has 2 heteroatoms. The molecule has 0 heterocycles. The second-order valence-electron chi connectivity index (χ2n) is 5.92. The molecule has 0 aliphatic heterocycles. The number of hydrogen-bond donors (Lipinski definition) is 1. The molecule has 1 unspecified atom stereocenters. The van der Waals surface area contributed by atoms with Crippen molar-refractivity contribution in [1.82, 2.24) is 5.32 Å². The fourth-order valence-corrected chi connectivity index (χ4v) is 3.25. The highest BCUT2D eigenvalue weighted by Gasteiger charge is 2.24. The fraction of sp³-hybridized carbons (Fsp3) is 0.368. The topological polar surface area (TPSA) is 21.3 Å². The van der Waals surface area contributed by atoms with E-state index in [0.29, 0.717) is 6.04 Å². The molecule has 0 radical (unpaired) electrons. The van der Waals surface area contributed by atoms with Gasteiger partial charge in [0.15, 0.2) is 0 Å². The van der Waals surface area contributed by atoms with E-state index in [1.807, 2.05) is 13.1 Å². The molecular weight excluding hydrogens is 258 g/mol. The molecule has 0 amide bonds. The molecule has 2 nitrogen and oxygen atoms in total. The van der Waals surface area contributed by atoms with Gasteiger partial charge >= 0.3 is 0 Å². The molecule has 0 spiro atoms. The Morgan fingerprint density at radius 2 is 1.81 bits per heavy atom. The molecule has 0 saturated carbocycles. The lowest BCUT2D eigenvalue weighted by Crippen LogP contribution is -2.12. The number of para-hydroxylation sites is 1. The van der Waals surface area contributed by atoms with E-state index in [1.54, 1.807) is 0 Å². The standard InChI is InChI=1S/C19H23NO/c1-13(2)21-19-10-5-4-7-17(19)14-8-6-9-16-15(14)11-12-18(16)20-3/h4-10,13,18,20H,11-12H2,1-3H3. The van der Waals surface area contributed by atoms with Crippen LogP contribution in [0.1, 0.15) is 37.4 Å². The zero-order valence-electron chi connectivity index (χ0n) is 13.0. The predicted octanol–water partition coefficient (Wildman–Crippen LogP) is 4.35. The van der Waals surface area contributed by atoms with Crippen LogP contribution in [0.15, 0.2) is 42.5 Å². The van der Waals surface area contributed by atoms with Crippen LogP contribution in [0.3, 0.4) is 0 Å². The summed E-state index contributed by atoms with van der Waals surface area (Å²) in [6.07, 6.45) is 2.50. The minimum atomic E-state index is 0.188. The third kappa shape index (κ3) is 2.68. The minimum absolute atomic E-state index is 0.188. The van der Waals surface area contributed by atoms with E-state index in [1.165, 1.54) is 28.7 Å². The molecule has 110 valence electrons. The van der Waals surface area contributed by atoms with E-state index in [9.17, 15) is 0 Å². The SMILES string of the molecule is CNC1CCc2c(-c3ccccc3OC(C)C)cccc21. The molecule has 1 aliphatic carbocycles. The molecule has 0 bridgehead atoms. The van der Waals surface area contributed by atoms with Crippen LogP contribution in [0.4, 0.5) is 0 Å². The highest BCUT2D eigenvalue weighted by molar-refractivity contribution is 5.75. The predicted molar refractivity (Wildman–Crippen MR) is 87.8 cm³/mol. The minimum Gasteiger partial charge on any atom is -0.490 e. The van der Waals surface area contributed by atoms with E-state index in [0.717, 1.165) is 12.2 Å². The maximum Gasteiger partial charge on any atom is 0.127 e. The van der Waals surface area contributed by atoms with Crippen LogP contribution in [0.25, 0.3) is 11.1 Å². The highest BCUT2D eigenvalue weighted by Crippen LogP contribution is 2.40. The van der Waals surface area contributed by atoms with Gasteiger partial charge in [-0.05, 0) is 56.5 Å². The first kappa shape index (κ1) is 14.2. The van der Waals surface area contributed by atoms with Crippen molar-refractivity contribution >= 4 is 0 Å². The zero-order chi connectivity index (χ0) is 14.8. The molecule has 3 rings (SSSR count). The van der Waals surface area contributed by atoms with Gasteiger partial charge in [0.1, 0.15) is 5.75 Å². The Hall–Kier alpha value is -1.80. The van der Waals surface area contributed by atoms with E-state index in [-0.39, 0.29) is 6.10 Å². The fourth-order valence-electron chi connectivity index (χ4n) is 3.25. The van der Waals surface area contributed by atoms with Crippen molar-refractivity contribution in [1.29, 1.82) is 0 Å².